The van der Waals surface area contributed by atoms with Crippen molar-refractivity contribution >= 4 is 5.97 Å². The lowest BCUT2D eigenvalue weighted by Gasteiger charge is -2.13. The van der Waals surface area contributed by atoms with E-state index < -0.39 is 6.10 Å². The zero-order valence-electron chi connectivity index (χ0n) is 11.4. The number of hydrogen-bond acceptors (Lipinski definition) is 4. The summed E-state index contributed by atoms with van der Waals surface area (Å²) in [5, 5.41) is 3.33. The lowest BCUT2D eigenvalue weighted by molar-refractivity contribution is -0.147. The zero-order valence-corrected chi connectivity index (χ0v) is 11.4. The number of esters is 1. The summed E-state index contributed by atoms with van der Waals surface area (Å²) in [7, 11) is 1.35. The molecule has 0 bridgehead atoms. The molecule has 1 aromatic carbocycles. The molecule has 4 heteroatoms. The molecule has 0 radical (unpaired) electrons. The zero-order chi connectivity index (χ0) is 13.5. The van der Waals surface area contributed by atoms with E-state index in [9.17, 15) is 4.79 Å². The average Bonchev–Trinajstić information content (AvgIpc) is 2.36. The number of rotatable bonds is 6. The molecule has 0 aliphatic rings. The predicted molar refractivity (Wildman–Crippen MR) is 70.5 cm³/mol. The lowest BCUT2D eigenvalue weighted by Crippen LogP contribution is -2.25. The van der Waals surface area contributed by atoms with Crippen LogP contribution in [-0.2, 0) is 16.1 Å². The van der Waals surface area contributed by atoms with Crippen LogP contribution in [0.3, 0.4) is 0 Å². The quantitative estimate of drug-likeness (QED) is 0.787. The molecule has 1 aromatic rings. The van der Waals surface area contributed by atoms with Crippen molar-refractivity contribution in [2.45, 2.75) is 39.5 Å². The van der Waals surface area contributed by atoms with Gasteiger partial charge >= 0.3 is 5.97 Å². The summed E-state index contributed by atoms with van der Waals surface area (Å²) in [6, 6.07) is 8.14. The molecule has 0 saturated carbocycles. The van der Waals surface area contributed by atoms with E-state index in [-0.39, 0.29) is 5.97 Å². The SMILES string of the molecule is COC(=O)C(C)Oc1ccc(CNC(C)C)cc1. The Kier molecular flexibility index (Phi) is 5.65. The molecule has 0 aliphatic heterocycles. The van der Waals surface area contributed by atoms with Gasteiger partial charge in [0.25, 0.3) is 0 Å². The molecule has 100 valence electrons. The Balaban J connectivity index is 2.52. The van der Waals surface area contributed by atoms with Gasteiger partial charge in [-0.3, -0.25) is 0 Å². The van der Waals surface area contributed by atoms with E-state index in [4.69, 9.17) is 4.74 Å². The molecule has 0 aliphatic carbocycles. The normalized spacial score (nSPS) is 12.3. The Morgan fingerprint density at radius 1 is 1.22 bits per heavy atom. The van der Waals surface area contributed by atoms with Gasteiger partial charge in [-0.15, -0.1) is 0 Å². The topological polar surface area (TPSA) is 47.6 Å². The van der Waals surface area contributed by atoms with Crippen molar-refractivity contribution in [1.29, 1.82) is 0 Å². The highest BCUT2D eigenvalue weighted by Gasteiger charge is 2.14. The summed E-state index contributed by atoms with van der Waals surface area (Å²) in [5.41, 5.74) is 1.18. The van der Waals surface area contributed by atoms with E-state index in [1.54, 1.807) is 6.92 Å². The van der Waals surface area contributed by atoms with Crippen molar-refractivity contribution < 1.29 is 14.3 Å². The monoisotopic (exact) mass is 251 g/mol. The number of hydrogen-bond donors (Lipinski definition) is 1. The van der Waals surface area contributed by atoms with E-state index in [0.717, 1.165) is 6.54 Å². The maximum atomic E-state index is 11.2. The van der Waals surface area contributed by atoms with Crippen molar-refractivity contribution in [3.8, 4) is 5.75 Å². The van der Waals surface area contributed by atoms with Gasteiger partial charge < -0.3 is 14.8 Å². The minimum absolute atomic E-state index is 0.374. The molecule has 0 aromatic heterocycles. The van der Waals surface area contributed by atoms with Crippen LogP contribution >= 0.6 is 0 Å². The van der Waals surface area contributed by atoms with Gasteiger partial charge in [0.05, 0.1) is 7.11 Å². The smallest absolute Gasteiger partial charge is 0.346 e. The minimum atomic E-state index is -0.588. The third-order valence-electron chi connectivity index (χ3n) is 2.48. The van der Waals surface area contributed by atoms with Gasteiger partial charge in [-0.1, -0.05) is 26.0 Å². The maximum absolute atomic E-state index is 11.2. The van der Waals surface area contributed by atoms with Gasteiger partial charge in [0.1, 0.15) is 5.75 Å². The first-order chi connectivity index (χ1) is 8.52. The van der Waals surface area contributed by atoms with Crippen LogP contribution in [0.25, 0.3) is 0 Å². The first-order valence-electron chi connectivity index (χ1n) is 6.09. The molecule has 0 saturated heterocycles. The van der Waals surface area contributed by atoms with Gasteiger partial charge in [0.15, 0.2) is 6.10 Å². The van der Waals surface area contributed by atoms with E-state index in [1.807, 2.05) is 24.3 Å². The molecule has 18 heavy (non-hydrogen) atoms. The molecule has 0 spiro atoms. The maximum Gasteiger partial charge on any atom is 0.346 e. The van der Waals surface area contributed by atoms with E-state index in [2.05, 4.69) is 23.9 Å². The van der Waals surface area contributed by atoms with Crippen LogP contribution in [0.5, 0.6) is 5.75 Å². The van der Waals surface area contributed by atoms with Gasteiger partial charge in [0, 0.05) is 12.6 Å². The molecular formula is C14H21NO3. The average molecular weight is 251 g/mol. The number of nitrogens with one attached hydrogen (secondary N) is 1. The second-order valence-electron chi connectivity index (χ2n) is 4.46. The van der Waals surface area contributed by atoms with Crippen LogP contribution in [0.15, 0.2) is 24.3 Å². The molecule has 1 atom stereocenters. The summed E-state index contributed by atoms with van der Waals surface area (Å²) in [5.74, 6) is 0.293. The molecule has 0 fully saturated rings. The van der Waals surface area contributed by atoms with Gasteiger partial charge in [0.2, 0.25) is 0 Å². The molecule has 0 amide bonds. The second kappa shape index (κ2) is 7.01. The Hall–Kier alpha value is -1.55. The van der Waals surface area contributed by atoms with E-state index in [1.165, 1.54) is 12.7 Å². The third-order valence-corrected chi connectivity index (χ3v) is 2.48. The first-order valence-corrected chi connectivity index (χ1v) is 6.09. The van der Waals surface area contributed by atoms with Crippen molar-refractivity contribution in [2.24, 2.45) is 0 Å². The highest BCUT2D eigenvalue weighted by atomic mass is 16.6. The van der Waals surface area contributed by atoms with Crippen LogP contribution < -0.4 is 10.1 Å². The fourth-order valence-corrected chi connectivity index (χ4v) is 1.43. The largest absolute Gasteiger partial charge is 0.479 e. The van der Waals surface area contributed by atoms with Gasteiger partial charge in [-0.25, -0.2) is 4.79 Å². The summed E-state index contributed by atoms with van der Waals surface area (Å²) >= 11 is 0. The lowest BCUT2D eigenvalue weighted by atomic mass is 10.2. The number of carbonyl (C=O) groups is 1. The van der Waals surface area contributed by atoms with Crippen molar-refractivity contribution in [3.05, 3.63) is 29.8 Å². The first kappa shape index (κ1) is 14.5. The predicted octanol–water partition coefficient (Wildman–Crippen LogP) is 2.12. The van der Waals surface area contributed by atoms with Crippen LogP contribution in [-0.4, -0.2) is 25.2 Å². The number of ether oxygens (including phenoxy) is 2. The Labute approximate surface area is 108 Å². The molecule has 0 heterocycles. The van der Waals surface area contributed by atoms with Crippen molar-refractivity contribution in [2.75, 3.05) is 7.11 Å². The molecule has 1 N–H and O–H groups in total. The highest BCUT2D eigenvalue weighted by Crippen LogP contribution is 2.14. The number of carbonyl (C=O) groups excluding carboxylic acids is 1. The van der Waals surface area contributed by atoms with Crippen molar-refractivity contribution in [1.82, 2.24) is 5.32 Å². The van der Waals surface area contributed by atoms with Gasteiger partial charge in [-0.05, 0) is 24.6 Å². The van der Waals surface area contributed by atoms with E-state index >= 15 is 0 Å². The summed E-state index contributed by atoms with van der Waals surface area (Å²) in [6.07, 6.45) is -0.588. The van der Waals surface area contributed by atoms with Crippen LogP contribution in [0.2, 0.25) is 0 Å². The fourth-order valence-electron chi connectivity index (χ4n) is 1.43. The Morgan fingerprint density at radius 3 is 2.33 bits per heavy atom. The van der Waals surface area contributed by atoms with Crippen LogP contribution in [0, 0.1) is 0 Å². The van der Waals surface area contributed by atoms with Crippen LogP contribution in [0.4, 0.5) is 0 Å². The molecule has 4 nitrogen and oxygen atoms in total. The second-order valence-corrected chi connectivity index (χ2v) is 4.46. The summed E-state index contributed by atoms with van der Waals surface area (Å²) in [4.78, 5) is 11.2. The standard InChI is InChI=1S/C14H21NO3/c1-10(2)15-9-12-5-7-13(8-6-12)18-11(3)14(16)17-4/h5-8,10-11,15H,9H2,1-4H3. The highest BCUT2D eigenvalue weighted by molar-refractivity contribution is 5.74. The Bertz CT molecular complexity index is 373. The number of methoxy groups -OCH3 is 1. The number of benzene rings is 1. The molecule has 1 rings (SSSR count). The van der Waals surface area contributed by atoms with Crippen molar-refractivity contribution in [3.63, 3.8) is 0 Å². The molecule has 1 unspecified atom stereocenters. The molecular weight excluding hydrogens is 230 g/mol. The summed E-state index contributed by atoms with van der Waals surface area (Å²) in [6.45, 7) is 6.70. The third kappa shape index (κ3) is 4.75. The fraction of sp³-hybridized carbons (Fsp3) is 0.500. The minimum Gasteiger partial charge on any atom is -0.479 e. The summed E-state index contributed by atoms with van der Waals surface area (Å²) < 4.78 is 10.1. The van der Waals surface area contributed by atoms with Crippen LogP contribution in [0.1, 0.15) is 26.3 Å². The van der Waals surface area contributed by atoms with Gasteiger partial charge in [-0.2, -0.15) is 0 Å². The Morgan fingerprint density at radius 2 is 1.83 bits per heavy atom. The van der Waals surface area contributed by atoms with E-state index in [0.29, 0.717) is 11.8 Å².